The van der Waals surface area contributed by atoms with Crippen LogP contribution in [-0.2, 0) is 0 Å². The standard InChI is InChI=1S/C29H30ClFN2O3/c1-3-29(35)12-13-33(19-28(29)34)14-15-36-27-11-5-21(16-20(27)2)4-10-26-25(31)17-23(18-32-26)22-6-8-24(30)9-7-22/h5-9,11,16-18,28,34-35H,3,12-15,19H2,1-2H3/t28-,29+/m0/s1. The predicted octanol–water partition coefficient (Wildman–Crippen LogP) is 4.84. The van der Waals surface area contributed by atoms with Crippen LogP contribution in [0.2, 0.25) is 5.02 Å². The van der Waals surface area contributed by atoms with Crippen LogP contribution in [0.15, 0.2) is 54.7 Å². The number of hydrogen-bond donors (Lipinski definition) is 2. The fourth-order valence-electron chi connectivity index (χ4n) is 4.27. The van der Waals surface area contributed by atoms with Gasteiger partial charge in [-0.1, -0.05) is 36.6 Å². The Morgan fingerprint density at radius 2 is 1.94 bits per heavy atom. The smallest absolute Gasteiger partial charge is 0.158 e. The monoisotopic (exact) mass is 508 g/mol. The molecule has 1 aromatic heterocycles. The zero-order valence-electron chi connectivity index (χ0n) is 20.5. The highest BCUT2D eigenvalue weighted by molar-refractivity contribution is 6.30. The van der Waals surface area contributed by atoms with Crippen molar-refractivity contribution in [3.05, 3.63) is 82.4 Å². The molecule has 2 atom stereocenters. The molecule has 1 fully saturated rings. The first-order chi connectivity index (χ1) is 17.3. The number of halogens is 2. The molecular formula is C29H30ClFN2O3. The van der Waals surface area contributed by atoms with Gasteiger partial charge in [-0.3, -0.25) is 4.90 Å². The molecule has 0 spiro atoms. The number of hydrogen-bond acceptors (Lipinski definition) is 5. The summed E-state index contributed by atoms with van der Waals surface area (Å²) in [6.07, 6.45) is 1.95. The van der Waals surface area contributed by atoms with E-state index in [2.05, 4.69) is 21.7 Å². The molecule has 0 aliphatic carbocycles. The van der Waals surface area contributed by atoms with E-state index in [0.717, 1.165) is 29.0 Å². The number of rotatable bonds is 6. The van der Waals surface area contributed by atoms with Crippen LogP contribution in [0.1, 0.15) is 36.6 Å². The molecule has 3 aromatic rings. The van der Waals surface area contributed by atoms with Gasteiger partial charge in [0.05, 0.1) is 11.7 Å². The molecule has 7 heteroatoms. The summed E-state index contributed by atoms with van der Waals surface area (Å²) in [5.41, 5.74) is 2.25. The van der Waals surface area contributed by atoms with E-state index in [1.807, 2.05) is 44.2 Å². The third-order valence-electron chi connectivity index (χ3n) is 6.71. The molecule has 5 nitrogen and oxygen atoms in total. The molecule has 1 aliphatic heterocycles. The lowest BCUT2D eigenvalue weighted by Gasteiger charge is -2.41. The van der Waals surface area contributed by atoms with Crippen molar-refractivity contribution in [2.45, 2.75) is 38.4 Å². The number of β-amino-alcohol motifs (C(OH)–C–C–N with tert-alkyl or cyclic N) is 1. The topological polar surface area (TPSA) is 65.8 Å². The summed E-state index contributed by atoms with van der Waals surface area (Å²) >= 11 is 5.92. The lowest BCUT2D eigenvalue weighted by Crippen LogP contribution is -2.55. The third-order valence-corrected chi connectivity index (χ3v) is 6.96. The largest absolute Gasteiger partial charge is 0.492 e. The zero-order valence-corrected chi connectivity index (χ0v) is 21.2. The summed E-state index contributed by atoms with van der Waals surface area (Å²) in [6, 6.07) is 14.2. The van der Waals surface area contributed by atoms with Crippen LogP contribution in [0.5, 0.6) is 5.75 Å². The van der Waals surface area contributed by atoms with Crippen molar-refractivity contribution in [3.8, 4) is 28.7 Å². The van der Waals surface area contributed by atoms with Crippen molar-refractivity contribution in [1.82, 2.24) is 9.88 Å². The maximum atomic E-state index is 14.6. The minimum Gasteiger partial charge on any atom is -0.492 e. The molecule has 0 amide bonds. The number of ether oxygens (including phenoxy) is 1. The molecule has 2 N–H and O–H groups in total. The molecule has 36 heavy (non-hydrogen) atoms. The Hall–Kier alpha value is -2.95. The van der Waals surface area contributed by atoms with E-state index in [1.54, 1.807) is 18.3 Å². The van der Waals surface area contributed by atoms with Gasteiger partial charge in [-0.25, -0.2) is 9.37 Å². The van der Waals surface area contributed by atoms with Crippen molar-refractivity contribution in [3.63, 3.8) is 0 Å². The molecule has 0 saturated carbocycles. The maximum Gasteiger partial charge on any atom is 0.158 e. The number of benzene rings is 2. The van der Waals surface area contributed by atoms with Crippen molar-refractivity contribution in [1.29, 1.82) is 0 Å². The lowest BCUT2D eigenvalue weighted by molar-refractivity contribution is -0.121. The van der Waals surface area contributed by atoms with Crippen molar-refractivity contribution in [2.24, 2.45) is 0 Å². The minimum atomic E-state index is -0.984. The van der Waals surface area contributed by atoms with Crippen molar-refractivity contribution < 1.29 is 19.3 Å². The van der Waals surface area contributed by atoms with Gasteiger partial charge in [0.25, 0.3) is 0 Å². The fourth-order valence-corrected chi connectivity index (χ4v) is 4.40. The number of pyridine rings is 1. The van der Waals surface area contributed by atoms with Gasteiger partial charge >= 0.3 is 0 Å². The summed E-state index contributed by atoms with van der Waals surface area (Å²) in [5.74, 6) is 6.06. The van der Waals surface area contributed by atoms with E-state index < -0.39 is 17.5 Å². The average molecular weight is 509 g/mol. The van der Waals surface area contributed by atoms with Gasteiger partial charge in [-0.2, -0.15) is 0 Å². The van der Waals surface area contributed by atoms with Crippen LogP contribution in [-0.4, -0.2) is 58.0 Å². The zero-order chi connectivity index (χ0) is 25.7. The molecule has 1 saturated heterocycles. The highest BCUT2D eigenvalue weighted by atomic mass is 35.5. The Kier molecular flexibility index (Phi) is 8.28. The van der Waals surface area contributed by atoms with E-state index in [0.29, 0.717) is 43.1 Å². The normalized spacial score (nSPS) is 20.0. The molecule has 0 bridgehead atoms. The van der Waals surface area contributed by atoms with Gasteiger partial charge in [0.1, 0.15) is 18.1 Å². The van der Waals surface area contributed by atoms with Crippen LogP contribution in [0.4, 0.5) is 4.39 Å². The highest BCUT2D eigenvalue weighted by Crippen LogP contribution is 2.26. The lowest BCUT2D eigenvalue weighted by atomic mass is 9.86. The SMILES string of the molecule is CC[C@@]1(O)CCN(CCOc2ccc(C#Cc3ncc(-c4ccc(Cl)cc4)cc3F)cc2C)C[C@@H]1O. The molecular weight excluding hydrogens is 479 g/mol. The molecule has 0 radical (unpaired) electrons. The number of aliphatic hydroxyl groups is 2. The van der Waals surface area contributed by atoms with Crippen LogP contribution in [0, 0.1) is 24.6 Å². The Morgan fingerprint density at radius 1 is 1.17 bits per heavy atom. The van der Waals surface area contributed by atoms with Gasteiger partial charge in [0, 0.05) is 42.0 Å². The minimum absolute atomic E-state index is 0.0874. The van der Waals surface area contributed by atoms with E-state index in [-0.39, 0.29) is 5.69 Å². The summed E-state index contributed by atoms with van der Waals surface area (Å²) in [4.78, 5) is 6.29. The molecule has 4 rings (SSSR count). The van der Waals surface area contributed by atoms with E-state index in [1.165, 1.54) is 6.07 Å². The average Bonchev–Trinajstić information content (AvgIpc) is 2.87. The van der Waals surface area contributed by atoms with Gasteiger partial charge in [0.15, 0.2) is 5.82 Å². The number of aliphatic hydroxyl groups excluding tert-OH is 1. The van der Waals surface area contributed by atoms with Crippen LogP contribution < -0.4 is 4.74 Å². The number of aryl methyl sites for hydroxylation is 1. The van der Waals surface area contributed by atoms with Crippen LogP contribution >= 0.6 is 11.6 Å². The van der Waals surface area contributed by atoms with E-state index in [9.17, 15) is 14.6 Å². The van der Waals surface area contributed by atoms with Crippen LogP contribution in [0.3, 0.4) is 0 Å². The molecule has 2 aromatic carbocycles. The van der Waals surface area contributed by atoms with Crippen molar-refractivity contribution in [2.75, 3.05) is 26.2 Å². The summed E-state index contributed by atoms with van der Waals surface area (Å²) in [7, 11) is 0. The quantitative estimate of drug-likeness (QED) is 0.467. The number of piperidine rings is 1. The number of aromatic nitrogens is 1. The first kappa shape index (κ1) is 26.1. The fraction of sp³-hybridized carbons (Fsp3) is 0.345. The number of likely N-dealkylation sites (tertiary alicyclic amines) is 1. The Morgan fingerprint density at radius 3 is 2.61 bits per heavy atom. The Labute approximate surface area is 216 Å². The molecule has 2 heterocycles. The summed E-state index contributed by atoms with van der Waals surface area (Å²) in [5, 5.41) is 21.2. The predicted molar refractivity (Wildman–Crippen MR) is 140 cm³/mol. The second-order valence-electron chi connectivity index (χ2n) is 9.16. The first-order valence-corrected chi connectivity index (χ1v) is 12.4. The molecule has 0 unspecified atom stereocenters. The Bertz CT molecular complexity index is 1270. The van der Waals surface area contributed by atoms with Gasteiger partial charge in [-0.05, 0) is 73.2 Å². The van der Waals surface area contributed by atoms with E-state index in [4.69, 9.17) is 16.3 Å². The van der Waals surface area contributed by atoms with Gasteiger partial charge in [-0.15, -0.1) is 0 Å². The third kappa shape index (κ3) is 6.24. The second-order valence-corrected chi connectivity index (χ2v) is 9.60. The van der Waals surface area contributed by atoms with Gasteiger partial charge in [0.2, 0.25) is 0 Å². The second kappa shape index (κ2) is 11.4. The molecule has 188 valence electrons. The summed E-state index contributed by atoms with van der Waals surface area (Å²) in [6.45, 7) is 6.12. The Balaban J connectivity index is 1.34. The van der Waals surface area contributed by atoms with Crippen molar-refractivity contribution >= 4 is 11.6 Å². The maximum absolute atomic E-state index is 14.6. The molecule has 1 aliphatic rings. The van der Waals surface area contributed by atoms with Gasteiger partial charge < -0.3 is 14.9 Å². The highest BCUT2D eigenvalue weighted by Gasteiger charge is 2.38. The number of nitrogens with zero attached hydrogens (tertiary/aromatic N) is 2. The first-order valence-electron chi connectivity index (χ1n) is 12.1. The van der Waals surface area contributed by atoms with Crippen LogP contribution in [0.25, 0.3) is 11.1 Å². The summed E-state index contributed by atoms with van der Waals surface area (Å²) < 4.78 is 20.5. The van der Waals surface area contributed by atoms with E-state index >= 15 is 0 Å².